The molecule has 9 heteroatoms. The summed E-state index contributed by atoms with van der Waals surface area (Å²) in [5, 5.41) is 3.39. The zero-order valence-corrected chi connectivity index (χ0v) is 21.1. The average Bonchev–Trinajstić information content (AvgIpc) is 2.98. The van der Waals surface area contributed by atoms with Gasteiger partial charge in [0, 0.05) is 44.8 Å². The number of piperazine rings is 1. The summed E-state index contributed by atoms with van der Waals surface area (Å²) in [4.78, 5) is 31.4. The van der Waals surface area contributed by atoms with Gasteiger partial charge in [-0.1, -0.05) is 20.3 Å². The maximum Gasteiger partial charge on any atom is 0.247 e. The summed E-state index contributed by atoms with van der Waals surface area (Å²) < 4.78 is 19.7. The number of ether oxygens (including phenoxy) is 1. The van der Waals surface area contributed by atoms with E-state index in [1.165, 1.54) is 17.4 Å². The normalized spacial score (nSPS) is 23.7. The van der Waals surface area contributed by atoms with Crippen molar-refractivity contribution in [2.24, 2.45) is 5.92 Å². The molecule has 1 N–H and O–H groups in total. The number of nitrogens with zero attached hydrogens (tertiary/aromatic N) is 3. The molecule has 2 unspecified atom stereocenters. The first-order valence-corrected chi connectivity index (χ1v) is 12.5. The third kappa shape index (κ3) is 6.01. The van der Waals surface area contributed by atoms with Crippen LogP contribution in [0.2, 0.25) is 0 Å². The van der Waals surface area contributed by atoms with Gasteiger partial charge in [0.15, 0.2) is 0 Å². The van der Waals surface area contributed by atoms with Gasteiger partial charge < -0.3 is 15.0 Å². The summed E-state index contributed by atoms with van der Waals surface area (Å²) in [6.45, 7) is 9.13. The van der Waals surface area contributed by atoms with E-state index in [0.29, 0.717) is 19.2 Å². The summed E-state index contributed by atoms with van der Waals surface area (Å²) in [6.07, 6.45) is 5.06. The average molecular weight is 497 g/mol. The van der Waals surface area contributed by atoms with Crippen LogP contribution in [0.25, 0.3) is 0 Å². The Morgan fingerprint density at radius 3 is 2.47 bits per heavy atom. The Kier molecular flexibility index (Phi) is 9.56. The molecule has 0 radical (unpaired) electrons. The molecule has 0 bridgehead atoms. The van der Waals surface area contributed by atoms with Gasteiger partial charge in [-0.05, 0) is 44.4 Å². The Balaban J connectivity index is 0.00000324. The van der Waals surface area contributed by atoms with Gasteiger partial charge in [-0.2, -0.15) is 0 Å². The summed E-state index contributed by atoms with van der Waals surface area (Å²) in [6, 6.07) is 4.74. The molecule has 1 aromatic carbocycles. The minimum Gasteiger partial charge on any atom is -0.491 e. The number of carbonyl (C=O) groups excluding carboxylic acids is 2. The van der Waals surface area contributed by atoms with Crippen LogP contribution in [0, 0.1) is 11.7 Å². The van der Waals surface area contributed by atoms with Crippen molar-refractivity contribution in [3.63, 3.8) is 0 Å². The van der Waals surface area contributed by atoms with Gasteiger partial charge in [-0.3, -0.25) is 19.4 Å². The molecule has 2 saturated heterocycles. The van der Waals surface area contributed by atoms with Gasteiger partial charge in [-0.25, -0.2) is 4.39 Å². The lowest BCUT2D eigenvalue weighted by Crippen LogP contribution is -2.48. The van der Waals surface area contributed by atoms with E-state index in [1.54, 1.807) is 12.1 Å². The van der Waals surface area contributed by atoms with Crippen LogP contribution in [0.3, 0.4) is 0 Å². The van der Waals surface area contributed by atoms with Crippen LogP contribution in [0.1, 0.15) is 46.0 Å². The van der Waals surface area contributed by atoms with Crippen molar-refractivity contribution in [2.45, 2.75) is 58.0 Å². The second-order valence-electron chi connectivity index (χ2n) is 9.53. The monoisotopic (exact) mass is 496 g/mol. The number of hydrogen-bond donors (Lipinski definition) is 1. The number of amides is 2. The minimum absolute atomic E-state index is 0. The van der Waals surface area contributed by atoms with Gasteiger partial charge in [0.2, 0.25) is 11.8 Å². The highest BCUT2D eigenvalue weighted by molar-refractivity contribution is 6.06. The second kappa shape index (κ2) is 12.2. The van der Waals surface area contributed by atoms with Crippen LogP contribution in [-0.2, 0) is 9.59 Å². The molecule has 3 fully saturated rings. The van der Waals surface area contributed by atoms with Crippen LogP contribution in [0.15, 0.2) is 18.2 Å². The summed E-state index contributed by atoms with van der Waals surface area (Å²) in [7, 11) is 0. The second-order valence-corrected chi connectivity index (χ2v) is 9.53. The fourth-order valence-electron chi connectivity index (χ4n) is 4.88. The lowest BCUT2D eigenvalue weighted by atomic mass is 9.91. The molecular weight excluding hydrogens is 459 g/mol. The van der Waals surface area contributed by atoms with E-state index >= 15 is 0 Å². The number of benzene rings is 1. The van der Waals surface area contributed by atoms with Crippen molar-refractivity contribution in [1.82, 2.24) is 15.1 Å². The zero-order valence-electron chi connectivity index (χ0n) is 20.3. The molecular formula is C25H38ClFN4O3. The van der Waals surface area contributed by atoms with Crippen LogP contribution in [-0.4, -0.2) is 79.6 Å². The number of hydrogen-bond acceptors (Lipinski definition) is 6. The van der Waals surface area contributed by atoms with Crippen LogP contribution in [0.5, 0.6) is 5.75 Å². The highest BCUT2D eigenvalue weighted by Crippen LogP contribution is 2.30. The smallest absolute Gasteiger partial charge is 0.247 e. The maximum absolute atomic E-state index is 13.9. The number of imide groups is 1. The Hall–Kier alpha value is -1.90. The van der Waals surface area contributed by atoms with Crippen molar-refractivity contribution >= 4 is 29.9 Å². The van der Waals surface area contributed by atoms with Crippen LogP contribution < -0.4 is 15.0 Å². The summed E-state index contributed by atoms with van der Waals surface area (Å²) in [5.74, 6) is 0.0897. The van der Waals surface area contributed by atoms with Crippen molar-refractivity contribution < 1.29 is 18.7 Å². The highest BCUT2D eigenvalue weighted by Gasteiger charge is 2.45. The van der Waals surface area contributed by atoms with Crippen molar-refractivity contribution in [3.8, 4) is 5.75 Å². The van der Waals surface area contributed by atoms with Gasteiger partial charge in [0.1, 0.15) is 11.6 Å². The molecule has 1 saturated carbocycles. The van der Waals surface area contributed by atoms with Crippen molar-refractivity contribution in [2.75, 3.05) is 50.8 Å². The Labute approximate surface area is 208 Å². The summed E-state index contributed by atoms with van der Waals surface area (Å²) in [5.41, 5.74) is 0.815. The lowest BCUT2D eigenvalue weighted by Gasteiger charge is -2.37. The number of nitrogens with one attached hydrogen (secondary N) is 1. The van der Waals surface area contributed by atoms with Gasteiger partial charge in [0.05, 0.1) is 24.3 Å². The first kappa shape index (κ1) is 26.7. The molecule has 2 atom stereocenters. The molecule has 7 nitrogen and oxygen atoms in total. The Bertz CT molecular complexity index is 845. The zero-order chi connectivity index (χ0) is 23.4. The number of likely N-dealkylation sites (tertiary alicyclic amines) is 1. The molecule has 2 amide bonds. The van der Waals surface area contributed by atoms with Gasteiger partial charge in [0.25, 0.3) is 0 Å². The van der Waals surface area contributed by atoms with E-state index < -0.39 is 0 Å². The molecule has 2 heterocycles. The largest absolute Gasteiger partial charge is 0.491 e. The Morgan fingerprint density at radius 1 is 1.09 bits per heavy atom. The van der Waals surface area contributed by atoms with E-state index in [0.717, 1.165) is 69.8 Å². The topological polar surface area (TPSA) is 65.1 Å². The maximum atomic E-state index is 13.9. The van der Waals surface area contributed by atoms with Crippen molar-refractivity contribution in [3.05, 3.63) is 24.0 Å². The van der Waals surface area contributed by atoms with Crippen LogP contribution >= 0.6 is 12.4 Å². The fourth-order valence-corrected chi connectivity index (χ4v) is 4.88. The molecule has 1 aromatic rings. The number of rotatable bonds is 10. The van der Waals surface area contributed by atoms with Gasteiger partial charge in [-0.15, -0.1) is 12.4 Å². The van der Waals surface area contributed by atoms with Crippen LogP contribution in [0.4, 0.5) is 10.1 Å². The number of carbonyl (C=O) groups is 2. The van der Waals surface area contributed by atoms with E-state index in [4.69, 9.17) is 4.74 Å². The SMILES string of the molecule is CCCOc1ccc(F)cc1N1CCN(CCCN2C(=O)C(C)C(NC3CCC3)C2=O)CC1.Cl. The predicted octanol–water partition coefficient (Wildman–Crippen LogP) is 3.06. The molecule has 1 aliphatic carbocycles. The molecule has 34 heavy (non-hydrogen) atoms. The summed E-state index contributed by atoms with van der Waals surface area (Å²) >= 11 is 0. The standard InChI is InChI=1S/C25H37FN4O3.ClH/c1-3-16-33-22-9-8-19(26)17-21(22)29-14-12-28(13-15-29)10-5-11-30-24(31)18(2)23(25(30)32)27-20-6-4-7-20;/h8-9,17-18,20,23,27H,3-7,10-16H2,1-2H3;1H. The molecule has 190 valence electrons. The first-order chi connectivity index (χ1) is 16.0. The molecule has 0 aromatic heterocycles. The third-order valence-corrected chi connectivity index (χ3v) is 7.16. The quantitative estimate of drug-likeness (QED) is 0.502. The molecule has 0 spiro atoms. The van der Waals surface area contributed by atoms with Gasteiger partial charge >= 0.3 is 0 Å². The Morgan fingerprint density at radius 2 is 1.82 bits per heavy atom. The van der Waals surface area contributed by atoms with Crippen molar-refractivity contribution in [1.29, 1.82) is 0 Å². The van der Waals surface area contributed by atoms with E-state index in [9.17, 15) is 14.0 Å². The van der Waals surface area contributed by atoms with E-state index in [2.05, 4.69) is 22.0 Å². The third-order valence-electron chi connectivity index (χ3n) is 7.16. The minimum atomic E-state index is -0.360. The molecule has 4 rings (SSSR count). The predicted molar refractivity (Wildman–Crippen MR) is 133 cm³/mol. The van der Waals surface area contributed by atoms with E-state index in [-0.39, 0.29) is 42.0 Å². The number of anilines is 1. The number of halogens is 2. The fraction of sp³-hybridized carbons (Fsp3) is 0.680. The first-order valence-electron chi connectivity index (χ1n) is 12.5. The molecule has 2 aliphatic heterocycles. The molecule has 3 aliphatic rings. The van der Waals surface area contributed by atoms with E-state index in [1.807, 2.05) is 6.92 Å². The highest BCUT2D eigenvalue weighted by atomic mass is 35.5. The lowest BCUT2D eigenvalue weighted by molar-refractivity contribution is -0.139.